The molecule has 0 radical (unpaired) electrons. The maximum Gasteiger partial charge on any atom is 0.0754 e. The minimum atomic E-state index is -0.430. The minimum Gasteiger partial charge on any atom is -0.309 e. The highest BCUT2D eigenvalue weighted by molar-refractivity contribution is 6.13. The fourth-order valence-corrected chi connectivity index (χ4v) is 8.48. The van der Waals surface area contributed by atoms with Gasteiger partial charge in [-0.3, -0.25) is 0 Å². The van der Waals surface area contributed by atoms with Crippen LogP contribution >= 0.6 is 0 Å². The van der Waals surface area contributed by atoms with Crippen LogP contribution in [0.1, 0.15) is 27.8 Å². The summed E-state index contributed by atoms with van der Waals surface area (Å²) in [6.45, 7) is 2.24. The molecule has 1 atom stereocenters. The fourth-order valence-electron chi connectivity index (χ4n) is 8.48. The van der Waals surface area contributed by atoms with Crippen molar-refractivity contribution in [2.75, 3.05) is 0 Å². The highest BCUT2D eigenvalue weighted by atomic mass is 15.0. The zero-order valence-electron chi connectivity index (χ0n) is 23.8. The molecule has 1 aromatic heterocycles. The van der Waals surface area contributed by atoms with Gasteiger partial charge in [0.25, 0.3) is 0 Å². The predicted molar refractivity (Wildman–Crippen MR) is 179 cm³/mol. The number of hydrogen-bond acceptors (Lipinski definition) is 0. The minimum absolute atomic E-state index is 0.430. The molecule has 1 spiro atoms. The van der Waals surface area contributed by atoms with Crippen LogP contribution in [0.25, 0.3) is 60.5 Å². The van der Waals surface area contributed by atoms with Crippen molar-refractivity contribution in [1.82, 2.24) is 4.57 Å². The molecular formula is C42H27N. The SMILES string of the molecule is Cc1ccc2ccccc2c1-c1ccc2c(c1)C1(c3ccccc3-2)c2ccccc2-n2c3ccccc3c3cccc1c32. The van der Waals surface area contributed by atoms with Crippen LogP contribution < -0.4 is 0 Å². The van der Waals surface area contributed by atoms with Crippen molar-refractivity contribution >= 4 is 32.6 Å². The van der Waals surface area contributed by atoms with Gasteiger partial charge in [-0.15, -0.1) is 0 Å². The lowest BCUT2D eigenvalue weighted by Gasteiger charge is -2.39. The number of fused-ring (bicyclic) bond motifs is 13. The van der Waals surface area contributed by atoms with Gasteiger partial charge in [0.1, 0.15) is 0 Å². The van der Waals surface area contributed by atoms with Crippen molar-refractivity contribution in [3.8, 4) is 27.9 Å². The van der Waals surface area contributed by atoms with E-state index in [4.69, 9.17) is 0 Å². The molecule has 10 rings (SSSR count). The molecule has 1 unspecified atom stereocenters. The van der Waals surface area contributed by atoms with Gasteiger partial charge >= 0.3 is 0 Å². The van der Waals surface area contributed by atoms with E-state index in [1.165, 1.54) is 88.3 Å². The van der Waals surface area contributed by atoms with E-state index in [1.54, 1.807) is 0 Å². The molecule has 1 heteroatoms. The van der Waals surface area contributed by atoms with Gasteiger partial charge in [-0.2, -0.15) is 0 Å². The van der Waals surface area contributed by atoms with Gasteiger partial charge in [-0.1, -0.05) is 127 Å². The first-order valence-electron chi connectivity index (χ1n) is 15.1. The zero-order valence-corrected chi connectivity index (χ0v) is 23.8. The van der Waals surface area contributed by atoms with Crippen molar-refractivity contribution in [1.29, 1.82) is 0 Å². The second-order valence-electron chi connectivity index (χ2n) is 12.1. The first kappa shape index (κ1) is 23.2. The normalized spacial score (nSPS) is 16.1. The average molecular weight is 546 g/mol. The average Bonchev–Trinajstić information content (AvgIpc) is 3.55. The van der Waals surface area contributed by atoms with Crippen LogP contribution in [0.5, 0.6) is 0 Å². The van der Waals surface area contributed by atoms with Crippen molar-refractivity contribution in [3.05, 3.63) is 173 Å². The molecule has 0 saturated heterocycles. The van der Waals surface area contributed by atoms with E-state index >= 15 is 0 Å². The number of nitrogens with zero attached hydrogens (tertiary/aromatic N) is 1. The summed E-state index contributed by atoms with van der Waals surface area (Å²) in [6, 6.07) is 54.6. The molecule has 0 fully saturated rings. The maximum atomic E-state index is 2.51. The van der Waals surface area contributed by atoms with E-state index in [1.807, 2.05) is 0 Å². The van der Waals surface area contributed by atoms with Crippen molar-refractivity contribution in [2.24, 2.45) is 0 Å². The summed E-state index contributed by atoms with van der Waals surface area (Å²) < 4.78 is 2.51. The first-order valence-corrected chi connectivity index (χ1v) is 15.1. The van der Waals surface area contributed by atoms with Gasteiger partial charge in [-0.25, -0.2) is 0 Å². The summed E-state index contributed by atoms with van der Waals surface area (Å²) in [4.78, 5) is 0. The van der Waals surface area contributed by atoms with E-state index in [0.29, 0.717) is 0 Å². The fraction of sp³-hybridized carbons (Fsp3) is 0.0476. The molecule has 8 aromatic rings. The van der Waals surface area contributed by atoms with Crippen LogP contribution in [-0.2, 0) is 5.41 Å². The Morgan fingerprint density at radius 1 is 0.488 bits per heavy atom. The summed E-state index contributed by atoms with van der Waals surface area (Å²) in [6.07, 6.45) is 0. The Bertz CT molecular complexity index is 2470. The standard InChI is InChI=1S/C42H27N/c1-26-21-22-27-11-2-3-12-29(27)40(26)28-23-24-31-30-13-4-6-16-34(30)42(37(31)25-28)35-17-7-9-20-39(35)43-38-19-8-5-14-32(38)33-15-10-18-36(42)41(33)43/h2-25H,1H3. The maximum absolute atomic E-state index is 2.51. The van der Waals surface area contributed by atoms with Gasteiger partial charge < -0.3 is 4.57 Å². The Hall–Kier alpha value is -5.40. The summed E-state index contributed by atoms with van der Waals surface area (Å²) in [5, 5.41) is 5.20. The van der Waals surface area contributed by atoms with Crippen molar-refractivity contribution < 1.29 is 0 Å². The largest absolute Gasteiger partial charge is 0.309 e. The van der Waals surface area contributed by atoms with Crippen LogP contribution in [-0.4, -0.2) is 4.57 Å². The third-order valence-corrected chi connectivity index (χ3v) is 10.1. The van der Waals surface area contributed by atoms with Gasteiger partial charge in [0.05, 0.1) is 22.1 Å². The van der Waals surface area contributed by atoms with Gasteiger partial charge in [0, 0.05) is 10.8 Å². The summed E-state index contributed by atoms with van der Waals surface area (Å²) in [7, 11) is 0. The Labute approximate surface area is 250 Å². The monoisotopic (exact) mass is 545 g/mol. The Kier molecular flexibility index (Phi) is 4.38. The molecule has 0 amide bonds. The number of rotatable bonds is 1. The van der Waals surface area contributed by atoms with Gasteiger partial charge in [0.15, 0.2) is 0 Å². The summed E-state index contributed by atoms with van der Waals surface area (Å²) in [5.74, 6) is 0. The van der Waals surface area contributed by atoms with Gasteiger partial charge in [-0.05, 0) is 86.0 Å². The molecule has 7 aromatic carbocycles. The second-order valence-corrected chi connectivity index (χ2v) is 12.1. The molecule has 1 aliphatic carbocycles. The number of aryl methyl sites for hydroxylation is 1. The summed E-state index contributed by atoms with van der Waals surface area (Å²) in [5.41, 5.74) is 15.4. The number of para-hydroxylation sites is 3. The van der Waals surface area contributed by atoms with Crippen LogP contribution in [0.3, 0.4) is 0 Å². The second kappa shape index (κ2) is 8.12. The first-order chi connectivity index (χ1) is 21.3. The molecule has 0 N–H and O–H groups in total. The molecule has 1 nitrogen and oxygen atoms in total. The van der Waals surface area contributed by atoms with Gasteiger partial charge in [0.2, 0.25) is 0 Å². The molecule has 2 aliphatic rings. The third-order valence-electron chi connectivity index (χ3n) is 10.1. The van der Waals surface area contributed by atoms with Crippen molar-refractivity contribution in [3.63, 3.8) is 0 Å². The lowest BCUT2D eigenvalue weighted by molar-refractivity contribution is 0.749. The number of aromatic nitrogens is 1. The molecular weight excluding hydrogens is 518 g/mol. The van der Waals surface area contributed by atoms with E-state index in [0.717, 1.165) is 0 Å². The molecule has 2 heterocycles. The highest BCUT2D eigenvalue weighted by Gasteiger charge is 2.50. The zero-order chi connectivity index (χ0) is 28.3. The van der Waals surface area contributed by atoms with E-state index < -0.39 is 5.41 Å². The Balaban J connectivity index is 1.40. The topological polar surface area (TPSA) is 4.93 Å². The van der Waals surface area contributed by atoms with Crippen molar-refractivity contribution in [2.45, 2.75) is 12.3 Å². The quantitative estimate of drug-likeness (QED) is 0.193. The predicted octanol–water partition coefficient (Wildman–Crippen LogP) is 10.6. The lowest BCUT2D eigenvalue weighted by atomic mass is 9.65. The van der Waals surface area contributed by atoms with E-state index in [2.05, 4.69) is 157 Å². The van der Waals surface area contributed by atoms with Crippen LogP contribution in [0.2, 0.25) is 0 Å². The van der Waals surface area contributed by atoms with E-state index in [-0.39, 0.29) is 0 Å². The molecule has 0 bridgehead atoms. The number of benzene rings is 7. The van der Waals surface area contributed by atoms with Crippen LogP contribution in [0.4, 0.5) is 0 Å². The van der Waals surface area contributed by atoms with E-state index in [9.17, 15) is 0 Å². The van der Waals surface area contributed by atoms with Crippen LogP contribution in [0, 0.1) is 6.92 Å². The molecule has 200 valence electrons. The lowest BCUT2D eigenvalue weighted by Crippen LogP contribution is -2.33. The Morgan fingerprint density at radius 2 is 1.19 bits per heavy atom. The smallest absolute Gasteiger partial charge is 0.0754 e. The Morgan fingerprint density at radius 3 is 2.12 bits per heavy atom. The number of hydrogen-bond donors (Lipinski definition) is 0. The van der Waals surface area contributed by atoms with Crippen LogP contribution in [0.15, 0.2) is 146 Å². The molecule has 0 saturated carbocycles. The molecule has 43 heavy (non-hydrogen) atoms. The molecule has 1 aliphatic heterocycles. The third kappa shape index (κ3) is 2.73. The summed E-state index contributed by atoms with van der Waals surface area (Å²) >= 11 is 0. The highest BCUT2D eigenvalue weighted by Crippen LogP contribution is 2.61.